The quantitative estimate of drug-likeness (QED) is 0.851. The standard InChI is InChI=1S/C16H19N3O2S/c20-16(13-2-1-10-21-13)19-8-6-18(7-9-19)15-12-4-11-22-14(12)3-5-17-15/h3-5,11,13H,1-2,6-10H2. The second-order valence-corrected chi connectivity index (χ2v) is 6.73. The normalized spacial score (nSPS) is 22.5. The predicted molar refractivity (Wildman–Crippen MR) is 87.4 cm³/mol. The minimum absolute atomic E-state index is 0.166. The van der Waals surface area contributed by atoms with Crippen LogP contribution < -0.4 is 4.90 Å². The van der Waals surface area contributed by atoms with Crippen LogP contribution in [0, 0.1) is 0 Å². The smallest absolute Gasteiger partial charge is 0.251 e. The van der Waals surface area contributed by atoms with Crippen LogP contribution in [-0.2, 0) is 9.53 Å². The molecule has 2 aromatic heterocycles. The van der Waals surface area contributed by atoms with Gasteiger partial charge >= 0.3 is 0 Å². The molecule has 2 saturated heterocycles. The van der Waals surface area contributed by atoms with Crippen molar-refractivity contribution in [3.63, 3.8) is 0 Å². The Kier molecular flexibility index (Phi) is 3.72. The number of carbonyl (C=O) groups excluding carboxylic acids is 1. The molecule has 0 saturated carbocycles. The van der Waals surface area contributed by atoms with Crippen molar-refractivity contribution in [1.29, 1.82) is 0 Å². The maximum Gasteiger partial charge on any atom is 0.251 e. The molecule has 2 fully saturated rings. The number of nitrogens with zero attached hydrogens (tertiary/aromatic N) is 3. The Hall–Kier alpha value is -1.66. The molecule has 6 heteroatoms. The minimum Gasteiger partial charge on any atom is -0.368 e. The summed E-state index contributed by atoms with van der Waals surface area (Å²) < 4.78 is 6.78. The summed E-state index contributed by atoms with van der Waals surface area (Å²) in [5.74, 6) is 1.21. The van der Waals surface area contributed by atoms with Crippen molar-refractivity contribution in [2.24, 2.45) is 0 Å². The number of rotatable bonds is 2. The number of amides is 1. The van der Waals surface area contributed by atoms with Crippen molar-refractivity contribution >= 4 is 33.1 Å². The van der Waals surface area contributed by atoms with Crippen LogP contribution in [0.5, 0.6) is 0 Å². The maximum atomic E-state index is 12.4. The molecule has 2 aromatic rings. The van der Waals surface area contributed by atoms with E-state index >= 15 is 0 Å². The minimum atomic E-state index is -0.204. The summed E-state index contributed by atoms with van der Waals surface area (Å²) in [7, 11) is 0. The van der Waals surface area contributed by atoms with E-state index in [0.29, 0.717) is 0 Å². The highest BCUT2D eigenvalue weighted by atomic mass is 32.1. The fraction of sp³-hybridized carbons (Fsp3) is 0.500. The number of hydrogen-bond donors (Lipinski definition) is 0. The second kappa shape index (κ2) is 5.85. The van der Waals surface area contributed by atoms with Gasteiger partial charge in [0.2, 0.25) is 0 Å². The van der Waals surface area contributed by atoms with E-state index in [-0.39, 0.29) is 12.0 Å². The topological polar surface area (TPSA) is 45.7 Å². The lowest BCUT2D eigenvalue weighted by atomic mass is 10.2. The molecule has 0 spiro atoms. The summed E-state index contributed by atoms with van der Waals surface area (Å²) in [6, 6.07) is 4.19. The number of thiophene rings is 1. The zero-order valence-electron chi connectivity index (χ0n) is 12.4. The molecule has 0 radical (unpaired) electrons. The van der Waals surface area contributed by atoms with Gasteiger partial charge in [0.1, 0.15) is 11.9 Å². The third-order valence-corrected chi connectivity index (χ3v) is 5.34. The van der Waals surface area contributed by atoms with Crippen LogP contribution in [0.1, 0.15) is 12.8 Å². The molecular formula is C16H19N3O2S. The van der Waals surface area contributed by atoms with Gasteiger partial charge in [0, 0.05) is 49.1 Å². The van der Waals surface area contributed by atoms with Crippen LogP contribution in [0.15, 0.2) is 23.7 Å². The predicted octanol–water partition coefficient (Wildman–Crippen LogP) is 2.12. The molecule has 22 heavy (non-hydrogen) atoms. The number of piperazine rings is 1. The van der Waals surface area contributed by atoms with Gasteiger partial charge in [-0.3, -0.25) is 4.79 Å². The molecule has 2 aliphatic heterocycles. The zero-order chi connectivity index (χ0) is 14.9. The first-order valence-corrected chi connectivity index (χ1v) is 8.68. The molecular weight excluding hydrogens is 298 g/mol. The average Bonchev–Trinajstić information content (AvgIpc) is 3.25. The van der Waals surface area contributed by atoms with Crippen molar-refractivity contribution < 1.29 is 9.53 Å². The Morgan fingerprint density at radius 2 is 2.14 bits per heavy atom. The average molecular weight is 317 g/mol. The van der Waals surface area contributed by atoms with Crippen LogP contribution in [0.3, 0.4) is 0 Å². The zero-order valence-corrected chi connectivity index (χ0v) is 13.2. The maximum absolute atomic E-state index is 12.4. The highest BCUT2D eigenvalue weighted by Crippen LogP contribution is 2.29. The van der Waals surface area contributed by atoms with Crippen LogP contribution in [0.4, 0.5) is 5.82 Å². The van der Waals surface area contributed by atoms with Crippen molar-refractivity contribution in [2.45, 2.75) is 18.9 Å². The highest BCUT2D eigenvalue weighted by molar-refractivity contribution is 7.17. The lowest BCUT2D eigenvalue weighted by molar-refractivity contribution is -0.141. The van der Waals surface area contributed by atoms with E-state index in [9.17, 15) is 4.79 Å². The molecule has 0 N–H and O–H groups in total. The Bertz CT molecular complexity index is 673. The molecule has 1 atom stereocenters. The third-order valence-electron chi connectivity index (χ3n) is 4.45. The second-order valence-electron chi connectivity index (χ2n) is 5.78. The van der Waals surface area contributed by atoms with Gasteiger partial charge < -0.3 is 14.5 Å². The molecule has 0 bridgehead atoms. The summed E-state index contributed by atoms with van der Waals surface area (Å²) in [4.78, 5) is 21.2. The van der Waals surface area contributed by atoms with Gasteiger partial charge in [-0.1, -0.05) is 0 Å². The van der Waals surface area contributed by atoms with Crippen molar-refractivity contribution in [2.75, 3.05) is 37.7 Å². The summed E-state index contributed by atoms with van der Waals surface area (Å²) in [6.45, 7) is 3.89. The molecule has 0 aliphatic carbocycles. The summed E-state index contributed by atoms with van der Waals surface area (Å²) in [5, 5.41) is 3.32. The molecule has 1 unspecified atom stereocenters. The fourth-order valence-electron chi connectivity index (χ4n) is 3.25. The van der Waals surface area contributed by atoms with E-state index in [2.05, 4.69) is 27.4 Å². The summed E-state index contributed by atoms with van der Waals surface area (Å²) in [6.07, 6.45) is 3.54. The van der Waals surface area contributed by atoms with E-state index < -0.39 is 0 Å². The highest BCUT2D eigenvalue weighted by Gasteiger charge is 2.30. The van der Waals surface area contributed by atoms with Crippen LogP contribution >= 0.6 is 11.3 Å². The SMILES string of the molecule is O=C(C1CCCO1)N1CCN(c2nccc3sccc23)CC1. The number of fused-ring (bicyclic) bond motifs is 1. The van der Waals surface area contributed by atoms with Gasteiger partial charge in [-0.25, -0.2) is 4.98 Å². The molecule has 2 aliphatic rings. The van der Waals surface area contributed by atoms with Crippen LogP contribution in [0.2, 0.25) is 0 Å². The molecule has 1 amide bonds. The molecule has 5 nitrogen and oxygen atoms in total. The number of carbonyl (C=O) groups is 1. The largest absolute Gasteiger partial charge is 0.368 e. The van der Waals surface area contributed by atoms with E-state index in [1.54, 1.807) is 11.3 Å². The Morgan fingerprint density at radius 1 is 1.27 bits per heavy atom. The van der Waals surface area contributed by atoms with Crippen LogP contribution in [0.25, 0.3) is 10.1 Å². The lowest BCUT2D eigenvalue weighted by Crippen LogP contribution is -2.51. The Balaban J connectivity index is 1.45. The van der Waals surface area contributed by atoms with E-state index in [0.717, 1.165) is 51.4 Å². The lowest BCUT2D eigenvalue weighted by Gasteiger charge is -2.36. The van der Waals surface area contributed by atoms with E-state index in [1.165, 1.54) is 10.1 Å². The Labute approximate surface area is 133 Å². The van der Waals surface area contributed by atoms with Gasteiger partial charge in [0.15, 0.2) is 0 Å². The van der Waals surface area contributed by atoms with Gasteiger partial charge in [0.05, 0.1) is 0 Å². The van der Waals surface area contributed by atoms with Gasteiger partial charge in [-0.05, 0) is 30.4 Å². The van der Waals surface area contributed by atoms with Gasteiger partial charge in [0.25, 0.3) is 5.91 Å². The van der Waals surface area contributed by atoms with Gasteiger partial charge in [-0.2, -0.15) is 0 Å². The number of anilines is 1. The first-order valence-electron chi connectivity index (χ1n) is 7.80. The van der Waals surface area contributed by atoms with Crippen LogP contribution in [-0.4, -0.2) is 54.7 Å². The van der Waals surface area contributed by atoms with Crippen molar-refractivity contribution in [3.8, 4) is 0 Å². The molecule has 116 valence electrons. The first kappa shape index (κ1) is 14.0. The molecule has 4 heterocycles. The van der Waals surface area contributed by atoms with Crippen molar-refractivity contribution in [1.82, 2.24) is 9.88 Å². The molecule has 4 rings (SSSR count). The van der Waals surface area contributed by atoms with E-state index in [4.69, 9.17) is 4.74 Å². The fourth-order valence-corrected chi connectivity index (χ4v) is 4.02. The third kappa shape index (κ3) is 2.46. The van der Waals surface area contributed by atoms with Crippen molar-refractivity contribution in [3.05, 3.63) is 23.7 Å². The van der Waals surface area contributed by atoms with Gasteiger partial charge in [-0.15, -0.1) is 11.3 Å². The summed E-state index contributed by atoms with van der Waals surface area (Å²) >= 11 is 1.74. The summed E-state index contributed by atoms with van der Waals surface area (Å²) in [5.41, 5.74) is 0. The Morgan fingerprint density at radius 3 is 2.91 bits per heavy atom. The number of aromatic nitrogens is 1. The number of ether oxygens (including phenoxy) is 1. The number of hydrogen-bond acceptors (Lipinski definition) is 5. The van der Waals surface area contributed by atoms with E-state index in [1.807, 2.05) is 11.1 Å². The number of pyridine rings is 1. The molecule has 0 aromatic carbocycles. The monoisotopic (exact) mass is 317 g/mol. The first-order chi connectivity index (χ1) is 10.8.